The van der Waals surface area contributed by atoms with Crippen LogP contribution in [-0.2, 0) is 4.79 Å². The Balaban J connectivity index is 1.73. The van der Waals surface area contributed by atoms with E-state index >= 15 is 0 Å². The number of carbonyl (C=O) groups excluding carboxylic acids is 2. The fourth-order valence-corrected chi connectivity index (χ4v) is 4.43. The number of hydrogen-bond acceptors (Lipinski definition) is 6. The van der Waals surface area contributed by atoms with Gasteiger partial charge in [0.2, 0.25) is 0 Å². The standard InChI is InChI=1S/C21H30N4O3S/c1-21(2)19(27)23-20(29)25(21)12-6-8-16(24-13-10-22-11-14-24)18(26)15-7-4-5-9-17(15)28-3/h4-5,7,9,16,22H,6,8,10-14H2,1-3H3,(H,23,27,29). The van der Waals surface area contributed by atoms with E-state index in [1.165, 1.54) is 0 Å². The van der Waals surface area contributed by atoms with Gasteiger partial charge in [0.15, 0.2) is 10.9 Å². The molecule has 0 radical (unpaired) electrons. The van der Waals surface area contributed by atoms with E-state index in [0.29, 0.717) is 29.4 Å². The minimum Gasteiger partial charge on any atom is -0.496 e. The number of thiocarbonyl (C=S) groups is 1. The Hall–Kier alpha value is -2.03. The molecular weight excluding hydrogens is 388 g/mol. The van der Waals surface area contributed by atoms with Crippen LogP contribution in [0.5, 0.6) is 5.75 Å². The van der Waals surface area contributed by atoms with Crippen LogP contribution in [0.3, 0.4) is 0 Å². The Kier molecular flexibility index (Phi) is 6.87. The van der Waals surface area contributed by atoms with Crippen molar-refractivity contribution < 1.29 is 14.3 Å². The van der Waals surface area contributed by atoms with Gasteiger partial charge in [-0.1, -0.05) is 12.1 Å². The lowest BCUT2D eigenvalue weighted by atomic mass is 9.96. The predicted molar refractivity (Wildman–Crippen MR) is 116 cm³/mol. The number of para-hydroxylation sites is 1. The number of piperazine rings is 1. The first-order chi connectivity index (χ1) is 13.9. The Labute approximate surface area is 177 Å². The summed E-state index contributed by atoms with van der Waals surface area (Å²) in [5.74, 6) is 0.613. The molecule has 8 heteroatoms. The van der Waals surface area contributed by atoms with Gasteiger partial charge in [0.1, 0.15) is 11.3 Å². The highest BCUT2D eigenvalue weighted by Crippen LogP contribution is 2.25. The highest BCUT2D eigenvalue weighted by atomic mass is 32.1. The van der Waals surface area contributed by atoms with Crippen LogP contribution in [-0.4, -0.2) is 78.0 Å². The summed E-state index contributed by atoms with van der Waals surface area (Å²) in [6, 6.07) is 7.17. The second kappa shape index (κ2) is 9.19. The van der Waals surface area contributed by atoms with E-state index < -0.39 is 5.54 Å². The van der Waals surface area contributed by atoms with Crippen molar-refractivity contribution in [2.24, 2.45) is 0 Å². The van der Waals surface area contributed by atoms with Crippen molar-refractivity contribution >= 4 is 29.0 Å². The van der Waals surface area contributed by atoms with Gasteiger partial charge < -0.3 is 20.3 Å². The van der Waals surface area contributed by atoms with Gasteiger partial charge in [0.05, 0.1) is 18.7 Å². The number of nitrogens with one attached hydrogen (secondary N) is 2. The van der Waals surface area contributed by atoms with Gasteiger partial charge in [0.25, 0.3) is 5.91 Å². The number of carbonyl (C=O) groups is 2. The average Bonchev–Trinajstić information content (AvgIpc) is 2.92. The zero-order valence-corrected chi connectivity index (χ0v) is 18.2. The Morgan fingerprint density at radius 3 is 2.59 bits per heavy atom. The highest BCUT2D eigenvalue weighted by molar-refractivity contribution is 7.80. The van der Waals surface area contributed by atoms with Crippen molar-refractivity contribution in [2.75, 3.05) is 39.8 Å². The Morgan fingerprint density at radius 2 is 1.97 bits per heavy atom. The molecule has 2 aliphatic heterocycles. The zero-order valence-electron chi connectivity index (χ0n) is 17.4. The SMILES string of the molecule is COc1ccccc1C(=O)C(CCCN1C(=S)NC(=O)C1(C)C)N1CCNCC1. The molecule has 29 heavy (non-hydrogen) atoms. The van der Waals surface area contributed by atoms with E-state index in [1.807, 2.05) is 43.0 Å². The van der Waals surface area contributed by atoms with Gasteiger partial charge in [-0.25, -0.2) is 0 Å². The van der Waals surface area contributed by atoms with Gasteiger partial charge in [-0.15, -0.1) is 0 Å². The number of hydrogen-bond donors (Lipinski definition) is 2. The number of Topliss-reactive ketones (excluding diaryl/α,β-unsaturated/α-hetero) is 1. The largest absolute Gasteiger partial charge is 0.496 e. The summed E-state index contributed by atoms with van der Waals surface area (Å²) in [7, 11) is 1.59. The predicted octanol–water partition coefficient (Wildman–Crippen LogP) is 1.43. The molecule has 2 N–H and O–H groups in total. The first kappa shape index (κ1) is 21.7. The number of ketones is 1. The molecule has 0 spiro atoms. The molecule has 1 aromatic rings. The molecule has 2 fully saturated rings. The van der Waals surface area contributed by atoms with Crippen LogP contribution in [0, 0.1) is 0 Å². The summed E-state index contributed by atoms with van der Waals surface area (Å²) in [6.07, 6.45) is 1.45. The molecule has 2 aliphatic rings. The fourth-order valence-electron chi connectivity index (χ4n) is 4.02. The van der Waals surface area contributed by atoms with E-state index in [4.69, 9.17) is 17.0 Å². The van der Waals surface area contributed by atoms with E-state index in [9.17, 15) is 9.59 Å². The Morgan fingerprint density at radius 1 is 1.28 bits per heavy atom. The third-order valence-corrected chi connectivity index (χ3v) is 6.15. The van der Waals surface area contributed by atoms with Crippen LogP contribution in [0.1, 0.15) is 37.0 Å². The molecule has 0 saturated carbocycles. The monoisotopic (exact) mass is 418 g/mol. The second-order valence-electron chi connectivity index (χ2n) is 7.98. The molecule has 1 amide bonds. The second-order valence-corrected chi connectivity index (χ2v) is 8.37. The van der Waals surface area contributed by atoms with Crippen molar-refractivity contribution in [2.45, 2.75) is 38.3 Å². The minimum absolute atomic E-state index is 0.0775. The van der Waals surface area contributed by atoms with E-state index in [-0.39, 0.29) is 17.7 Å². The molecular formula is C21H30N4O3S. The third-order valence-electron chi connectivity index (χ3n) is 5.82. The molecule has 0 bridgehead atoms. The van der Waals surface area contributed by atoms with Crippen LogP contribution >= 0.6 is 12.2 Å². The number of amides is 1. The van der Waals surface area contributed by atoms with Crippen LogP contribution < -0.4 is 15.4 Å². The van der Waals surface area contributed by atoms with Crippen LogP contribution in [0.2, 0.25) is 0 Å². The van der Waals surface area contributed by atoms with E-state index in [1.54, 1.807) is 7.11 Å². The minimum atomic E-state index is -0.658. The molecule has 2 saturated heterocycles. The number of benzene rings is 1. The molecule has 7 nitrogen and oxygen atoms in total. The molecule has 3 rings (SSSR count). The Bertz CT molecular complexity index is 777. The van der Waals surface area contributed by atoms with Gasteiger partial charge in [0, 0.05) is 32.7 Å². The van der Waals surface area contributed by atoms with Crippen LogP contribution in [0.15, 0.2) is 24.3 Å². The fraction of sp³-hybridized carbons (Fsp3) is 0.571. The lowest BCUT2D eigenvalue weighted by molar-refractivity contribution is -0.125. The van der Waals surface area contributed by atoms with E-state index in [2.05, 4.69) is 15.5 Å². The summed E-state index contributed by atoms with van der Waals surface area (Å²) < 4.78 is 5.42. The summed E-state index contributed by atoms with van der Waals surface area (Å²) in [5.41, 5.74) is -0.0405. The first-order valence-corrected chi connectivity index (χ1v) is 10.5. The summed E-state index contributed by atoms with van der Waals surface area (Å²) in [4.78, 5) is 29.7. The highest BCUT2D eigenvalue weighted by Gasteiger charge is 2.43. The smallest absolute Gasteiger partial charge is 0.251 e. The lowest BCUT2D eigenvalue weighted by Gasteiger charge is -2.35. The summed E-state index contributed by atoms with van der Waals surface area (Å²) in [6.45, 7) is 7.78. The van der Waals surface area contributed by atoms with Gasteiger partial charge in [-0.05, 0) is 51.0 Å². The molecule has 0 aliphatic carbocycles. The maximum atomic E-state index is 13.4. The molecule has 2 heterocycles. The van der Waals surface area contributed by atoms with Crippen LogP contribution in [0.25, 0.3) is 0 Å². The normalized spacial score (nSPS) is 20.4. The van der Waals surface area contributed by atoms with E-state index in [0.717, 1.165) is 32.6 Å². The number of ether oxygens (including phenoxy) is 1. The van der Waals surface area contributed by atoms with Crippen molar-refractivity contribution in [1.29, 1.82) is 0 Å². The lowest BCUT2D eigenvalue weighted by Crippen LogP contribution is -2.51. The van der Waals surface area contributed by atoms with Crippen molar-refractivity contribution in [3.63, 3.8) is 0 Å². The number of nitrogens with zero attached hydrogens (tertiary/aromatic N) is 2. The van der Waals surface area contributed by atoms with Gasteiger partial charge in [-0.3, -0.25) is 14.5 Å². The van der Waals surface area contributed by atoms with Gasteiger partial charge in [-0.2, -0.15) is 0 Å². The maximum Gasteiger partial charge on any atom is 0.251 e. The first-order valence-electron chi connectivity index (χ1n) is 10.1. The quantitative estimate of drug-likeness (QED) is 0.489. The average molecular weight is 419 g/mol. The molecule has 1 unspecified atom stereocenters. The zero-order chi connectivity index (χ0) is 21.0. The van der Waals surface area contributed by atoms with Crippen LogP contribution in [0.4, 0.5) is 0 Å². The molecule has 1 aromatic carbocycles. The van der Waals surface area contributed by atoms with Crippen molar-refractivity contribution in [3.05, 3.63) is 29.8 Å². The topological polar surface area (TPSA) is 73.9 Å². The van der Waals surface area contributed by atoms with Gasteiger partial charge >= 0.3 is 0 Å². The molecule has 158 valence electrons. The van der Waals surface area contributed by atoms with Crippen molar-refractivity contribution in [3.8, 4) is 5.75 Å². The maximum absolute atomic E-state index is 13.4. The summed E-state index contributed by atoms with van der Waals surface area (Å²) in [5, 5.41) is 6.55. The number of rotatable bonds is 8. The third kappa shape index (κ3) is 4.60. The number of methoxy groups -OCH3 is 1. The summed E-state index contributed by atoms with van der Waals surface area (Å²) >= 11 is 5.32. The molecule has 1 atom stereocenters. The van der Waals surface area contributed by atoms with Crippen molar-refractivity contribution in [1.82, 2.24) is 20.4 Å². The molecule has 0 aromatic heterocycles.